The molecule has 0 radical (unpaired) electrons. The van der Waals surface area contributed by atoms with E-state index in [0.29, 0.717) is 29.1 Å². The summed E-state index contributed by atoms with van der Waals surface area (Å²) in [5.74, 6) is 0.0414. The highest BCUT2D eigenvalue weighted by Crippen LogP contribution is 2.18. The lowest BCUT2D eigenvalue weighted by Crippen LogP contribution is -2.44. The Morgan fingerprint density at radius 3 is 2.30 bits per heavy atom. The SMILES string of the molecule is Cc1ccc2c(c1)c(=O)n(-c1ccc(C)c(C)c1)c(=O)n2C(C)C(=O)NCC(C)C. The zero-order valence-electron chi connectivity index (χ0n) is 18.4. The minimum absolute atomic E-state index is 0.252. The van der Waals surface area contributed by atoms with Crippen molar-refractivity contribution < 1.29 is 4.79 Å². The molecule has 2 aromatic carbocycles. The van der Waals surface area contributed by atoms with Crippen LogP contribution in [0.1, 0.15) is 43.5 Å². The summed E-state index contributed by atoms with van der Waals surface area (Å²) >= 11 is 0. The van der Waals surface area contributed by atoms with E-state index in [1.807, 2.05) is 52.8 Å². The number of carbonyl (C=O) groups excluding carboxylic acids is 1. The summed E-state index contributed by atoms with van der Waals surface area (Å²) in [4.78, 5) is 39.6. The number of hydrogen-bond donors (Lipinski definition) is 1. The fraction of sp³-hybridized carbons (Fsp3) is 0.375. The summed E-state index contributed by atoms with van der Waals surface area (Å²) in [6.45, 7) is 12.0. The predicted octanol–water partition coefficient (Wildman–Crippen LogP) is 3.41. The van der Waals surface area contributed by atoms with Crippen LogP contribution in [0.2, 0.25) is 0 Å². The van der Waals surface area contributed by atoms with E-state index in [9.17, 15) is 14.4 Å². The van der Waals surface area contributed by atoms with Crippen molar-refractivity contribution in [3.63, 3.8) is 0 Å². The van der Waals surface area contributed by atoms with E-state index in [2.05, 4.69) is 5.32 Å². The zero-order chi connectivity index (χ0) is 22.2. The normalized spacial score (nSPS) is 12.4. The van der Waals surface area contributed by atoms with Crippen LogP contribution in [0.5, 0.6) is 0 Å². The Balaban J connectivity index is 2.31. The van der Waals surface area contributed by atoms with Crippen molar-refractivity contribution in [2.45, 2.75) is 47.6 Å². The molecule has 6 heteroatoms. The lowest BCUT2D eigenvalue weighted by atomic mass is 10.1. The van der Waals surface area contributed by atoms with Crippen LogP contribution in [0.3, 0.4) is 0 Å². The molecular weight excluding hydrogens is 378 g/mol. The molecule has 158 valence electrons. The second-order valence-corrected chi connectivity index (χ2v) is 8.40. The molecule has 1 amide bonds. The third kappa shape index (κ3) is 3.95. The van der Waals surface area contributed by atoms with Crippen molar-refractivity contribution in [2.75, 3.05) is 6.54 Å². The van der Waals surface area contributed by atoms with Gasteiger partial charge in [0.15, 0.2) is 0 Å². The number of rotatable bonds is 5. The fourth-order valence-corrected chi connectivity index (χ4v) is 3.49. The Kier molecular flexibility index (Phi) is 5.97. The highest BCUT2D eigenvalue weighted by molar-refractivity contribution is 5.84. The van der Waals surface area contributed by atoms with E-state index < -0.39 is 11.7 Å². The Bertz CT molecular complexity index is 1230. The van der Waals surface area contributed by atoms with E-state index in [4.69, 9.17) is 0 Å². The molecular formula is C24H29N3O3. The number of nitrogens with zero attached hydrogens (tertiary/aromatic N) is 2. The number of benzene rings is 2. The van der Waals surface area contributed by atoms with E-state index in [0.717, 1.165) is 16.7 Å². The molecule has 3 rings (SSSR count). The number of fused-ring (bicyclic) bond motifs is 1. The minimum Gasteiger partial charge on any atom is -0.354 e. The Hall–Kier alpha value is -3.15. The van der Waals surface area contributed by atoms with Gasteiger partial charge in [-0.3, -0.25) is 14.2 Å². The summed E-state index contributed by atoms with van der Waals surface area (Å²) in [6, 6.07) is 10.1. The molecule has 3 aromatic rings. The van der Waals surface area contributed by atoms with Crippen LogP contribution in [0.4, 0.5) is 0 Å². The first-order valence-electron chi connectivity index (χ1n) is 10.2. The number of aryl methyl sites for hydroxylation is 3. The number of aromatic nitrogens is 2. The summed E-state index contributed by atoms with van der Waals surface area (Å²) in [5.41, 5.74) is 3.03. The number of hydrogen-bond acceptors (Lipinski definition) is 3. The van der Waals surface area contributed by atoms with E-state index in [1.165, 1.54) is 9.13 Å². The molecule has 30 heavy (non-hydrogen) atoms. The van der Waals surface area contributed by atoms with Crippen LogP contribution < -0.4 is 16.6 Å². The van der Waals surface area contributed by atoms with Crippen molar-refractivity contribution in [1.82, 2.24) is 14.5 Å². The molecule has 1 N–H and O–H groups in total. The molecule has 0 spiro atoms. The van der Waals surface area contributed by atoms with Crippen LogP contribution in [-0.4, -0.2) is 21.6 Å². The molecule has 0 bridgehead atoms. The van der Waals surface area contributed by atoms with E-state index >= 15 is 0 Å². The van der Waals surface area contributed by atoms with Crippen LogP contribution in [0.25, 0.3) is 16.6 Å². The van der Waals surface area contributed by atoms with Crippen molar-refractivity contribution >= 4 is 16.8 Å². The fourth-order valence-electron chi connectivity index (χ4n) is 3.49. The van der Waals surface area contributed by atoms with Gasteiger partial charge in [-0.25, -0.2) is 9.36 Å². The Morgan fingerprint density at radius 2 is 1.67 bits per heavy atom. The van der Waals surface area contributed by atoms with Crippen LogP contribution in [-0.2, 0) is 4.79 Å². The first kappa shape index (κ1) is 21.6. The smallest absolute Gasteiger partial charge is 0.336 e. The number of carbonyl (C=O) groups is 1. The van der Waals surface area contributed by atoms with Gasteiger partial charge in [-0.15, -0.1) is 0 Å². The molecule has 0 aliphatic carbocycles. The van der Waals surface area contributed by atoms with Gasteiger partial charge < -0.3 is 5.32 Å². The highest BCUT2D eigenvalue weighted by atomic mass is 16.2. The summed E-state index contributed by atoms with van der Waals surface area (Å²) in [7, 11) is 0. The molecule has 0 aliphatic heterocycles. The molecule has 0 aliphatic rings. The Labute approximate surface area is 176 Å². The van der Waals surface area contributed by atoms with Gasteiger partial charge in [0.2, 0.25) is 5.91 Å². The summed E-state index contributed by atoms with van der Waals surface area (Å²) < 4.78 is 2.58. The van der Waals surface area contributed by atoms with Gasteiger partial charge in [-0.2, -0.15) is 0 Å². The summed E-state index contributed by atoms with van der Waals surface area (Å²) in [6.07, 6.45) is 0. The molecule has 1 unspecified atom stereocenters. The average molecular weight is 408 g/mol. The third-order valence-electron chi connectivity index (χ3n) is 5.44. The van der Waals surface area contributed by atoms with Crippen molar-refractivity contribution in [3.05, 3.63) is 73.9 Å². The van der Waals surface area contributed by atoms with Crippen LogP contribution in [0.15, 0.2) is 46.0 Å². The topological polar surface area (TPSA) is 73.1 Å². The molecule has 0 fully saturated rings. The standard InChI is InChI=1S/C24H29N3O3/c1-14(2)13-25-22(28)18(6)26-21-10-7-15(3)11-20(21)23(29)27(24(26)30)19-9-8-16(4)17(5)12-19/h7-12,14,18H,13H2,1-6H3,(H,25,28). The average Bonchev–Trinajstić information content (AvgIpc) is 2.69. The van der Waals surface area contributed by atoms with E-state index in [1.54, 1.807) is 25.1 Å². The van der Waals surface area contributed by atoms with E-state index in [-0.39, 0.29) is 11.5 Å². The second-order valence-electron chi connectivity index (χ2n) is 8.40. The maximum absolute atomic E-state index is 13.5. The summed E-state index contributed by atoms with van der Waals surface area (Å²) in [5, 5.41) is 3.30. The maximum Gasteiger partial charge on any atom is 0.336 e. The van der Waals surface area contributed by atoms with Crippen molar-refractivity contribution in [2.24, 2.45) is 5.92 Å². The monoisotopic (exact) mass is 407 g/mol. The highest BCUT2D eigenvalue weighted by Gasteiger charge is 2.23. The molecule has 1 aromatic heterocycles. The first-order valence-corrected chi connectivity index (χ1v) is 10.2. The van der Waals surface area contributed by atoms with Crippen LogP contribution in [0, 0.1) is 26.7 Å². The quantitative estimate of drug-likeness (QED) is 0.704. The van der Waals surface area contributed by atoms with Gasteiger partial charge >= 0.3 is 5.69 Å². The molecule has 0 saturated heterocycles. The lowest BCUT2D eigenvalue weighted by Gasteiger charge is -2.20. The minimum atomic E-state index is -0.764. The van der Waals surface area contributed by atoms with Crippen molar-refractivity contribution in [3.8, 4) is 5.69 Å². The zero-order valence-corrected chi connectivity index (χ0v) is 18.4. The van der Waals surface area contributed by atoms with Gasteiger partial charge in [0.1, 0.15) is 6.04 Å². The maximum atomic E-state index is 13.5. The Morgan fingerprint density at radius 1 is 0.967 bits per heavy atom. The first-order chi connectivity index (χ1) is 14.1. The van der Waals surface area contributed by atoms with Gasteiger partial charge in [-0.05, 0) is 69.0 Å². The second kappa shape index (κ2) is 8.30. The molecule has 1 heterocycles. The van der Waals surface area contributed by atoms with Gasteiger partial charge in [0.25, 0.3) is 5.56 Å². The third-order valence-corrected chi connectivity index (χ3v) is 5.44. The molecule has 0 saturated carbocycles. The molecule has 6 nitrogen and oxygen atoms in total. The lowest BCUT2D eigenvalue weighted by molar-refractivity contribution is -0.124. The van der Waals surface area contributed by atoms with Gasteiger partial charge in [0.05, 0.1) is 16.6 Å². The number of nitrogens with one attached hydrogen (secondary N) is 1. The molecule has 1 atom stereocenters. The van der Waals surface area contributed by atoms with Gasteiger partial charge in [0, 0.05) is 6.54 Å². The predicted molar refractivity (Wildman–Crippen MR) is 121 cm³/mol. The number of amides is 1. The van der Waals surface area contributed by atoms with Gasteiger partial charge in [-0.1, -0.05) is 31.5 Å². The largest absolute Gasteiger partial charge is 0.354 e. The van der Waals surface area contributed by atoms with Crippen LogP contribution >= 0.6 is 0 Å². The van der Waals surface area contributed by atoms with Crippen molar-refractivity contribution in [1.29, 1.82) is 0 Å².